The van der Waals surface area contributed by atoms with Crippen LogP contribution in [0.4, 0.5) is 0 Å². The van der Waals surface area contributed by atoms with Gasteiger partial charge in [0.1, 0.15) is 11.8 Å². The van der Waals surface area contributed by atoms with Crippen LogP contribution in [0, 0.1) is 5.92 Å². The van der Waals surface area contributed by atoms with E-state index in [4.69, 9.17) is 9.47 Å². The van der Waals surface area contributed by atoms with E-state index in [0.717, 1.165) is 0 Å². The van der Waals surface area contributed by atoms with Crippen LogP contribution in [0.1, 0.15) is 33.7 Å². The predicted octanol–water partition coefficient (Wildman–Crippen LogP) is 2.14. The fraction of sp³-hybridized carbons (Fsp3) is 0.429. The molecule has 0 radical (unpaired) electrons. The van der Waals surface area contributed by atoms with E-state index in [1.54, 1.807) is 38.1 Å². The van der Waals surface area contributed by atoms with Crippen molar-refractivity contribution in [3.8, 4) is 11.4 Å². The van der Waals surface area contributed by atoms with Crippen molar-refractivity contribution in [1.82, 2.24) is 18.7 Å². The van der Waals surface area contributed by atoms with Crippen LogP contribution in [-0.4, -0.2) is 38.4 Å². The Hall–Kier alpha value is -3.36. The predicted molar refractivity (Wildman–Crippen MR) is 112 cm³/mol. The molecule has 0 bridgehead atoms. The molecular formula is C21H26N4O5. The highest BCUT2D eigenvalue weighted by molar-refractivity contribution is 5.79. The Kier molecular flexibility index (Phi) is 6.09. The number of benzene rings is 1. The number of hydrogen-bond acceptors (Lipinski definition) is 6. The van der Waals surface area contributed by atoms with Gasteiger partial charge in [-0.15, -0.1) is 0 Å². The summed E-state index contributed by atoms with van der Waals surface area (Å²) in [4.78, 5) is 43.3. The minimum atomic E-state index is -0.779. The van der Waals surface area contributed by atoms with E-state index in [2.05, 4.69) is 4.98 Å². The van der Waals surface area contributed by atoms with Gasteiger partial charge >= 0.3 is 11.7 Å². The van der Waals surface area contributed by atoms with Crippen LogP contribution >= 0.6 is 0 Å². The van der Waals surface area contributed by atoms with Crippen LogP contribution in [0.5, 0.6) is 5.75 Å². The summed E-state index contributed by atoms with van der Waals surface area (Å²) in [5.74, 6) is 0.0307. The number of ether oxygens (including phenoxy) is 2. The van der Waals surface area contributed by atoms with E-state index in [-0.39, 0.29) is 30.2 Å². The standard InChI is InChI=1S/C21H26N4O5/c1-6-30-20(27)14(4)24-12-22-18-17(24)19(26)23(11-13(2)3)21(28)25(18)15-9-7-8-10-16(15)29-5/h7-10,12-14H,6,11H2,1-5H3/t14-/m1/s1. The third kappa shape index (κ3) is 3.62. The summed E-state index contributed by atoms with van der Waals surface area (Å²) in [6.07, 6.45) is 1.39. The lowest BCUT2D eigenvalue weighted by molar-refractivity contribution is -0.146. The SMILES string of the molecule is CCOC(=O)[C@@H](C)n1cnc2c1c(=O)n(CC(C)C)c(=O)n2-c1ccccc1OC. The number of hydrogen-bond donors (Lipinski definition) is 0. The van der Waals surface area contributed by atoms with Gasteiger partial charge in [0.15, 0.2) is 11.2 Å². The molecule has 0 N–H and O–H groups in total. The van der Waals surface area contributed by atoms with Gasteiger partial charge in [-0.05, 0) is 31.9 Å². The molecule has 0 saturated heterocycles. The number of carbonyl (C=O) groups excluding carboxylic acids is 1. The number of methoxy groups -OCH3 is 1. The van der Waals surface area contributed by atoms with Crippen LogP contribution < -0.4 is 16.0 Å². The van der Waals surface area contributed by atoms with E-state index in [0.29, 0.717) is 11.4 Å². The molecule has 0 aliphatic carbocycles. The van der Waals surface area contributed by atoms with Crippen molar-refractivity contribution in [3.05, 3.63) is 51.4 Å². The van der Waals surface area contributed by atoms with Gasteiger partial charge < -0.3 is 14.0 Å². The highest BCUT2D eigenvalue weighted by Gasteiger charge is 2.25. The van der Waals surface area contributed by atoms with Crippen molar-refractivity contribution in [2.24, 2.45) is 5.92 Å². The van der Waals surface area contributed by atoms with Gasteiger partial charge in [0, 0.05) is 6.54 Å². The van der Waals surface area contributed by atoms with Crippen LogP contribution in [-0.2, 0) is 16.1 Å². The van der Waals surface area contributed by atoms with Gasteiger partial charge in [0.05, 0.1) is 25.7 Å². The van der Waals surface area contributed by atoms with Gasteiger partial charge in [0.2, 0.25) is 0 Å². The Bertz CT molecular complexity index is 1190. The Morgan fingerprint density at radius 3 is 2.50 bits per heavy atom. The first kappa shape index (κ1) is 21.4. The monoisotopic (exact) mass is 414 g/mol. The summed E-state index contributed by atoms with van der Waals surface area (Å²) in [6.45, 7) is 7.63. The Labute approximate surface area is 173 Å². The second-order valence-corrected chi connectivity index (χ2v) is 7.35. The molecular weight excluding hydrogens is 388 g/mol. The number of esters is 1. The highest BCUT2D eigenvalue weighted by Crippen LogP contribution is 2.24. The summed E-state index contributed by atoms with van der Waals surface area (Å²) >= 11 is 0. The second-order valence-electron chi connectivity index (χ2n) is 7.35. The fourth-order valence-corrected chi connectivity index (χ4v) is 3.37. The van der Waals surface area contributed by atoms with E-state index in [1.807, 2.05) is 13.8 Å². The maximum absolute atomic E-state index is 13.4. The molecule has 2 heterocycles. The van der Waals surface area contributed by atoms with Gasteiger partial charge in [0.25, 0.3) is 5.56 Å². The molecule has 3 rings (SSSR count). The van der Waals surface area contributed by atoms with Crippen LogP contribution in [0.25, 0.3) is 16.9 Å². The number of rotatable bonds is 7. The van der Waals surface area contributed by atoms with Crippen molar-refractivity contribution >= 4 is 17.1 Å². The molecule has 3 aromatic rings. The van der Waals surface area contributed by atoms with Crippen molar-refractivity contribution in [2.75, 3.05) is 13.7 Å². The topological polar surface area (TPSA) is 97.4 Å². The zero-order valence-corrected chi connectivity index (χ0v) is 17.8. The smallest absolute Gasteiger partial charge is 0.337 e. The summed E-state index contributed by atoms with van der Waals surface area (Å²) in [5, 5.41) is 0. The average Bonchev–Trinajstić information content (AvgIpc) is 3.15. The van der Waals surface area contributed by atoms with E-state index in [9.17, 15) is 14.4 Å². The zero-order chi connectivity index (χ0) is 22.0. The lowest BCUT2D eigenvalue weighted by Gasteiger charge is -2.17. The van der Waals surface area contributed by atoms with Crippen molar-refractivity contribution in [3.63, 3.8) is 0 Å². The lowest BCUT2D eigenvalue weighted by Crippen LogP contribution is -2.41. The number of carbonyl (C=O) groups is 1. The molecule has 0 aliphatic rings. The molecule has 0 spiro atoms. The van der Waals surface area contributed by atoms with Crippen molar-refractivity contribution in [2.45, 2.75) is 40.3 Å². The molecule has 0 aliphatic heterocycles. The maximum atomic E-state index is 13.4. The third-order valence-corrected chi connectivity index (χ3v) is 4.77. The number of aromatic nitrogens is 4. The molecule has 30 heavy (non-hydrogen) atoms. The maximum Gasteiger partial charge on any atom is 0.337 e. The molecule has 160 valence electrons. The van der Waals surface area contributed by atoms with Crippen LogP contribution in [0.2, 0.25) is 0 Å². The first-order valence-electron chi connectivity index (χ1n) is 9.84. The molecule has 0 unspecified atom stereocenters. The number of nitrogens with zero attached hydrogens (tertiary/aromatic N) is 4. The zero-order valence-electron chi connectivity index (χ0n) is 17.8. The van der Waals surface area contributed by atoms with E-state index < -0.39 is 23.3 Å². The molecule has 0 saturated carbocycles. The highest BCUT2D eigenvalue weighted by atomic mass is 16.5. The molecule has 0 fully saturated rings. The average molecular weight is 414 g/mol. The minimum absolute atomic E-state index is 0.0535. The first-order valence-corrected chi connectivity index (χ1v) is 9.84. The number of imidazole rings is 1. The molecule has 9 nitrogen and oxygen atoms in total. The van der Waals surface area contributed by atoms with Crippen LogP contribution in [0.3, 0.4) is 0 Å². The van der Waals surface area contributed by atoms with Crippen molar-refractivity contribution < 1.29 is 14.3 Å². The molecule has 1 atom stereocenters. The number of fused-ring (bicyclic) bond motifs is 1. The van der Waals surface area contributed by atoms with Crippen LogP contribution in [0.15, 0.2) is 40.2 Å². The Balaban J connectivity index is 2.41. The van der Waals surface area contributed by atoms with Gasteiger partial charge in [-0.2, -0.15) is 0 Å². The van der Waals surface area contributed by atoms with E-state index in [1.165, 1.54) is 27.1 Å². The third-order valence-electron chi connectivity index (χ3n) is 4.77. The summed E-state index contributed by atoms with van der Waals surface area (Å²) < 4.78 is 14.5. The number of para-hydroxylation sites is 2. The van der Waals surface area contributed by atoms with Gasteiger partial charge in [-0.1, -0.05) is 26.0 Å². The largest absolute Gasteiger partial charge is 0.495 e. The Morgan fingerprint density at radius 1 is 1.17 bits per heavy atom. The Morgan fingerprint density at radius 2 is 1.87 bits per heavy atom. The van der Waals surface area contributed by atoms with Gasteiger partial charge in [-0.25, -0.2) is 19.1 Å². The summed E-state index contributed by atoms with van der Waals surface area (Å²) in [5.41, 5.74) is -0.239. The first-order chi connectivity index (χ1) is 14.3. The normalized spacial score (nSPS) is 12.3. The van der Waals surface area contributed by atoms with Gasteiger partial charge in [-0.3, -0.25) is 9.36 Å². The summed E-state index contributed by atoms with van der Waals surface area (Å²) in [6, 6.07) is 6.22. The minimum Gasteiger partial charge on any atom is -0.495 e. The molecule has 2 aromatic heterocycles. The van der Waals surface area contributed by atoms with E-state index >= 15 is 0 Å². The molecule has 9 heteroatoms. The molecule has 1 aromatic carbocycles. The quantitative estimate of drug-likeness (QED) is 0.550. The molecule has 0 amide bonds. The second kappa shape index (κ2) is 8.56. The lowest BCUT2D eigenvalue weighted by atomic mass is 10.2. The summed E-state index contributed by atoms with van der Waals surface area (Å²) in [7, 11) is 1.51. The fourth-order valence-electron chi connectivity index (χ4n) is 3.37. The van der Waals surface area contributed by atoms with Crippen molar-refractivity contribution in [1.29, 1.82) is 0 Å².